The third-order valence-corrected chi connectivity index (χ3v) is 4.41. The molecule has 0 heterocycles. The van der Waals surface area contributed by atoms with Crippen LogP contribution >= 0.6 is 0 Å². The lowest BCUT2D eigenvalue weighted by atomic mass is 9.78. The standard InChI is InChI=1S/C17H18O3/c18-16-10-14(9-13-3-1-2-4-15(13)16)11-5-7-12(8-6-11)17(19)20/h1-4,9-12,18H,5-8H2,(H,19,20). The minimum Gasteiger partial charge on any atom is -0.507 e. The summed E-state index contributed by atoms with van der Waals surface area (Å²) < 4.78 is 0. The van der Waals surface area contributed by atoms with Crippen LogP contribution in [0.3, 0.4) is 0 Å². The molecule has 1 aliphatic carbocycles. The number of carbonyl (C=O) groups is 1. The molecule has 2 aromatic carbocycles. The second-order valence-corrected chi connectivity index (χ2v) is 5.65. The summed E-state index contributed by atoms with van der Waals surface area (Å²) in [5, 5.41) is 21.1. The van der Waals surface area contributed by atoms with Gasteiger partial charge in [0, 0.05) is 5.39 Å². The molecule has 2 aromatic rings. The van der Waals surface area contributed by atoms with E-state index in [0.29, 0.717) is 11.7 Å². The lowest BCUT2D eigenvalue weighted by molar-refractivity contribution is -0.142. The van der Waals surface area contributed by atoms with Crippen molar-refractivity contribution in [1.82, 2.24) is 0 Å². The maximum Gasteiger partial charge on any atom is 0.306 e. The molecule has 20 heavy (non-hydrogen) atoms. The molecule has 0 bridgehead atoms. The highest BCUT2D eigenvalue weighted by Crippen LogP contribution is 2.38. The zero-order chi connectivity index (χ0) is 14.1. The van der Waals surface area contributed by atoms with E-state index >= 15 is 0 Å². The molecule has 1 aliphatic rings. The average Bonchev–Trinajstić information content (AvgIpc) is 2.47. The lowest BCUT2D eigenvalue weighted by Crippen LogP contribution is -2.20. The third-order valence-electron chi connectivity index (χ3n) is 4.41. The molecule has 0 aromatic heterocycles. The first-order valence-electron chi connectivity index (χ1n) is 7.09. The van der Waals surface area contributed by atoms with E-state index in [1.165, 1.54) is 0 Å². The quantitative estimate of drug-likeness (QED) is 0.870. The van der Waals surface area contributed by atoms with Crippen LogP contribution in [-0.2, 0) is 4.79 Å². The molecular weight excluding hydrogens is 252 g/mol. The Morgan fingerprint density at radius 3 is 2.45 bits per heavy atom. The normalized spacial score (nSPS) is 22.8. The lowest BCUT2D eigenvalue weighted by Gasteiger charge is -2.26. The van der Waals surface area contributed by atoms with E-state index in [9.17, 15) is 9.90 Å². The summed E-state index contributed by atoms with van der Waals surface area (Å²) in [5.74, 6) is -0.190. The van der Waals surface area contributed by atoms with Gasteiger partial charge in [-0.3, -0.25) is 4.79 Å². The molecule has 1 fully saturated rings. The highest BCUT2D eigenvalue weighted by atomic mass is 16.4. The molecule has 3 heteroatoms. The van der Waals surface area contributed by atoms with E-state index in [-0.39, 0.29) is 5.92 Å². The monoisotopic (exact) mass is 270 g/mol. The van der Waals surface area contributed by atoms with Crippen molar-refractivity contribution < 1.29 is 15.0 Å². The topological polar surface area (TPSA) is 57.5 Å². The fourth-order valence-electron chi connectivity index (χ4n) is 3.22. The van der Waals surface area contributed by atoms with Crippen molar-refractivity contribution in [3.05, 3.63) is 42.0 Å². The molecule has 0 spiro atoms. The van der Waals surface area contributed by atoms with Crippen LogP contribution in [0, 0.1) is 5.92 Å². The van der Waals surface area contributed by atoms with Gasteiger partial charge in [-0.1, -0.05) is 30.3 Å². The van der Waals surface area contributed by atoms with Gasteiger partial charge in [0.25, 0.3) is 0 Å². The van der Waals surface area contributed by atoms with Crippen LogP contribution in [0.4, 0.5) is 0 Å². The predicted molar refractivity (Wildman–Crippen MR) is 77.9 cm³/mol. The van der Waals surface area contributed by atoms with E-state index in [0.717, 1.165) is 42.0 Å². The SMILES string of the molecule is O=C(O)C1CCC(c2cc(O)c3ccccc3c2)CC1. The first-order chi connectivity index (χ1) is 9.65. The maximum absolute atomic E-state index is 11.0. The van der Waals surface area contributed by atoms with Gasteiger partial charge in [-0.15, -0.1) is 0 Å². The summed E-state index contributed by atoms with van der Waals surface area (Å²) in [6.45, 7) is 0. The molecule has 3 nitrogen and oxygen atoms in total. The molecule has 104 valence electrons. The molecule has 0 amide bonds. The summed E-state index contributed by atoms with van der Waals surface area (Å²) in [6.07, 6.45) is 3.23. The van der Waals surface area contributed by atoms with Gasteiger partial charge in [-0.05, 0) is 48.6 Å². The van der Waals surface area contributed by atoms with E-state index in [4.69, 9.17) is 5.11 Å². The Bertz CT molecular complexity index is 640. The number of carboxylic acid groups (broad SMARTS) is 1. The fraction of sp³-hybridized carbons (Fsp3) is 0.353. The van der Waals surface area contributed by atoms with Crippen LogP contribution in [0.5, 0.6) is 5.75 Å². The van der Waals surface area contributed by atoms with Crippen LogP contribution in [0.2, 0.25) is 0 Å². The van der Waals surface area contributed by atoms with Crippen molar-refractivity contribution in [2.45, 2.75) is 31.6 Å². The van der Waals surface area contributed by atoms with Crippen LogP contribution in [0.25, 0.3) is 10.8 Å². The van der Waals surface area contributed by atoms with Gasteiger partial charge in [0.2, 0.25) is 0 Å². The molecule has 0 atom stereocenters. The van der Waals surface area contributed by atoms with Crippen LogP contribution in [-0.4, -0.2) is 16.2 Å². The Hall–Kier alpha value is -2.03. The molecule has 1 saturated carbocycles. The summed E-state index contributed by atoms with van der Waals surface area (Å²) in [7, 11) is 0. The number of aliphatic carboxylic acids is 1. The molecule has 0 aliphatic heterocycles. The number of hydrogen-bond donors (Lipinski definition) is 2. The molecule has 0 saturated heterocycles. The maximum atomic E-state index is 11.0. The largest absolute Gasteiger partial charge is 0.507 e. The van der Waals surface area contributed by atoms with Gasteiger partial charge in [-0.25, -0.2) is 0 Å². The van der Waals surface area contributed by atoms with E-state index in [1.54, 1.807) is 0 Å². The highest BCUT2D eigenvalue weighted by molar-refractivity contribution is 5.88. The van der Waals surface area contributed by atoms with Gasteiger partial charge in [0.1, 0.15) is 5.75 Å². The Balaban J connectivity index is 1.86. The molecule has 0 radical (unpaired) electrons. The van der Waals surface area contributed by atoms with Crippen molar-refractivity contribution in [3.8, 4) is 5.75 Å². The zero-order valence-electron chi connectivity index (χ0n) is 11.2. The minimum absolute atomic E-state index is 0.194. The number of fused-ring (bicyclic) bond motifs is 1. The van der Waals surface area contributed by atoms with Crippen molar-refractivity contribution in [3.63, 3.8) is 0 Å². The van der Waals surface area contributed by atoms with E-state index < -0.39 is 5.97 Å². The Morgan fingerprint density at radius 1 is 1.05 bits per heavy atom. The van der Waals surface area contributed by atoms with E-state index in [1.807, 2.05) is 30.3 Å². The summed E-state index contributed by atoms with van der Waals surface area (Å²) >= 11 is 0. The summed E-state index contributed by atoms with van der Waals surface area (Å²) in [5.41, 5.74) is 1.13. The van der Waals surface area contributed by atoms with Gasteiger partial charge < -0.3 is 10.2 Å². The first-order valence-corrected chi connectivity index (χ1v) is 7.09. The average molecular weight is 270 g/mol. The Kier molecular flexibility index (Phi) is 3.35. The summed E-state index contributed by atoms with van der Waals surface area (Å²) in [4.78, 5) is 11.0. The first kappa shape index (κ1) is 13.0. The van der Waals surface area contributed by atoms with Gasteiger partial charge in [0.05, 0.1) is 5.92 Å². The van der Waals surface area contributed by atoms with Gasteiger partial charge in [0.15, 0.2) is 0 Å². The zero-order valence-corrected chi connectivity index (χ0v) is 11.2. The highest BCUT2D eigenvalue weighted by Gasteiger charge is 2.27. The van der Waals surface area contributed by atoms with Crippen molar-refractivity contribution in [2.24, 2.45) is 5.92 Å². The Labute approximate surface area is 117 Å². The number of carboxylic acids is 1. The van der Waals surface area contributed by atoms with Crippen LogP contribution in [0.1, 0.15) is 37.2 Å². The molecule has 2 N–H and O–H groups in total. The number of phenolic OH excluding ortho intramolecular Hbond substituents is 1. The smallest absolute Gasteiger partial charge is 0.306 e. The number of rotatable bonds is 2. The minimum atomic E-state index is -0.676. The third kappa shape index (κ3) is 2.36. The van der Waals surface area contributed by atoms with Crippen LogP contribution < -0.4 is 0 Å². The van der Waals surface area contributed by atoms with Crippen molar-refractivity contribution in [1.29, 1.82) is 0 Å². The fourth-order valence-corrected chi connectivity index (χ4v) is 3.22. The van der Waals surface area contributed by atoms with Crippen LogP contribution in [0.15, 0.2) is 36.4 Å². The Morgan fingerprint density at radius 2 is 1.75 bits per heavy atom. The van der Waals surface area contributed by atoms with E-state index in [2.05, 4.69) is 6.07 Å². The molecule has 0 unspecified atom stereocenters. The van der Waals surface area contributed by atoms with Gasteiger partial charge >= 0.3 is 5.97 Å². The molecular formula is C17H18O3. The second-order valence-electron chi connectivity index (χ2n) is 5.65. The number of aromatic hydroxyl groups is 1. The summed E-state index contributed by atoms with van der Waals surface area (Å²) in [6, 6.07) is 11.8. The number of benzene rings is 2. The number of phenols is 1. The van der Waals surface area contributed by atoms with Crippen molar-refractivity contribution >= 4 is 16.7 Å². The van der Waals surface area contributed by atoms with Gasteiger partial charge in [-0.2, -0.15) is 0 Å². The number of hydrogen-bond acceptors (Lipinski definition) is 2. The van der Waals surface area contributed by atoms with Crippen molar-refractivity contribution in [2.75, 3.05) is 0 Å². The molecule has 3 rings (SSSR count). The predicted octanol–water partition coefficient (Wildman–Crippen LogP) is 3.90. The second kappa shape index (κ2) is 5.16.